The molecule has 0 fully saturated rings. The Morgan fingerprint density at radius 1 is 1.38 bits per heavy atom. The van der Waals surface area contributed by atoms with E-state index >= 15 is 0 Å². The second kappa shape index (κ2) is 6.54. The van der Waals surface area contributed by atoms with Crippen LogP contribution in [0.4, 0.5) is 0 Å². The number of amides is 1. The van der Waals surface area contributed by atoms with E-state index in [9.17, 15) is 4.79 Å². The van der Waals surface area contributed by atoms with Crippen LogP contribution in [0.1, 0.15) is 30.6 Å². The van der Waals surface area contributed by atoms with Crippen LogP contribution in [-0.4, -0.2) is 33.9 Å². The van der Waals surface area contributed by atoms with Crippen LogP contribution in [-0.2, 0) is 0 Å². The highest BCUT2D eigenvalue weighted by Crippen LogP contribution is 2.18. The number of aliphatic hydroxyl groups excluding tert-OH is 1. The molecule has 0 radical (unpaired) electrons. The van der Waals surface area contributed by atoms with E-state index in [1.165, 1.54) is 0 Å². The van der Waals surface area contributed by atoms with Crippen molar-refractivity contribution in [1.82, 2.24) is 15.1 Å². The van der Waals surface area contributed by atoms with Gasteiger partial charge in [0.15, 0.2) is 0 Å². The molecule has 21 heavy (non-hydrogen) atoms. The molecule has 1 aromatic carbocycles. The van der Waals surface area contributed by atoms with E-state index in [1.807, 2.05) is 38.2 Å². The maximum atomic E-state index is 12.2. The highest BCUT2D eigenvalue weighted by Gasteiger charge is 2.18. The summed E-state index contributed by atoms with van der Waals surface area (Å²) < 4.78 is 1.71. The van der Waals surface area contributed by atoms with Gasteiger partial charge in [-0.2, -0.15) is 5.10 Å². The molecule has 0 atom stereocenters. The van der Waals surface area contributed by atoms with Gasteiger partial charge < -0.3 is 10.4 Å². The van der Waals surface area contributed by atoms with Crippen molar-refractivity contribution < 1.29 is 9.90 Å². The molecule has 0 aliphatic rings. The minimum absolute atomic E-state index is 0.116. The van der Waals surface area contributed by atoms with Crippen molar-refractivity contribution in [1.29, 1.82) is 0 Å². The monoisotopic (exact) mass is 287 g/mol. The van der Waals surface area contributed by atoms with Gasteiger partial charge in [0.25, 0.3) is 5.91 Å². The van der Waals surface area contributed by atoms with E-state index < -0.39 is 0 Å². The molecule has 1 amide bonds. The number of carbonyl (C=O) groups is 1. The van der Waals surface area contributed by atoms with Crippen molar-refractivity contribution in [3.8, 4) is 5.69 Å². The smallest absolute Gasteiger partial charge is 0.251 e. The number of rotatable bonds is 6. The van der Waals surface area contributed by atoms with Gasteiger partial charge in [-0.05, 0) is 36.1 Å². The van der Waals surface area contributed by atoms with Crippen LogP contribution in [0.25, 0.3) is 5.69 Å². The normalized spacial score (nSPS) is 11.4. The number of nitrogens with zero attached hydrogens (tertiary/aromatic N) is 2. The van der Waals surface area contributed by atoms with Gasteiger partial charge >= 0.3 is 0 Å². The summed E-state index contributed by atoms with van der Waals surface area (Å²) in [4.78, 5) is 12.2. The first-order valence-corrected chi connectivity index (χ1v) is 7.01. The van der Waals surface area contributed by atoms with Crippen LogP contribution in [0.3, 0.4) is 0 Å². The molecule has 0 spiro atoms. The van der Waals surface area contributed by atoms with Crippen LogP contribution in [0, 0.1) is 5.41 Å². The molecule has 0 saturated heterocycles. The average Bonchev–Trinajstić information content (AvgIpc) is 2.99. The van der Waals surface area contributed by atoms with E-state index in [-0.39, 0.29) is 17.9 Å². The predicted molar refractivity (Wildman–Crippen MR) is 81.4 cm³/mol. The zero-order chi connectivity index (χ0) is 15.3. The molecule has 5 heteroatoms. The van der Waals surface area contributed by atoms with Crippen LogP contribution >= 0.6 is 0 Å². The van der Waals surface area contributed by atoms with Gasteiger partial charge in [-0.25, -0.2) is 4.68 Å². The molecule has 0 aliphatic heterocycles. The second-order valence-electron chi connectivity index (χ2n) is 5.82. The Bertz CT molecular complexity index is 591. The van der Waals surface area contributed by atoms with Gasteiger partial charge in [-0.15, -0.1) is 0 Å². The van der Waals surface area contributed by atoms with Crippen LogP contribution < -0.4 is 5.32 Å². The zero-order valence-electron chi connectivity index (χ0n) is 12.4. The fraction of sp³-hybridized carbons (Fsp3) is 0.375. The molecule has 0 aliphatic carbocycles. The van der Waals surface area contributed by atoms with Crippen molar-refractivity contribution in [3.63, 3.8) is 0 Å². The Morgan fingerprint density at radius 2 is 2.19 bits per heavy atom. The summed E-state index contributed by atoms with van der Waals surface area (Å²) in [6.07, 6.45) is 4.19. The van der Waals surface area contributed by atoms with Crippen molar-refractivity contribution in [2.45, 2.75) is 20.3 Å². The molecule has 0 unspecified atom stereocenters. The third-order valence-corrected chi connectivity index (χ3v) is 3.39. The summed E-state index contributed by atoms with van der Waals surface area (Å²) in [6.45, 7) is 4.68. The summed E-state index contributed by atoms with van der Waals surface area (Å²) in [7, 11) is 0. The van der Waals surface area contributed by atoms with Crippen LogP contribution in [0.15, 0.2) is 42.7 Å². The molecule has 1 aromatic heterocycles. The molecule has 1 heterocycles. The highest BCUT2D eigenvalue weighted by molar-refractivity contribution is 5.94. The fourth-order valence-electron chi connectivity index (χ4n) is 2.02. The summed E-state index contributed by atoms with van der Waals surface area (Å²) in [5.74, 6) is -0.116. The predicted octanol–water partition coefficient (Wildman–Crippen LogP) is 2.01. The number of aliphatic hydroxyl groups is 1. The number of hydrogen-bond acceptors (Lipinski definition) is 3. The topological polar surface area (TPSA) is 67.2 Å². The zero-order valence-corrected chi connectivity index (χ0v) is 12.4. The van der Waals surface area contributed by atoms with Crippen molar-refractivity contribution >= 4 is 5.91 Å². The van der Waals surface area contributed by atoms with Gasteiger partial charge in [-0.3, -0.25) is 4.79 Å². The lowest BCUT2D eigenvalue weighted by Gasteiger charge is -2.23. The largest absolute Gasteiger partial charge is 0.396 e. The molecule has 112 valence electrons. The average molecular weight is 287 g/mol. The molecule has 2 aromatic rings. The van der Waals surface area contributed by atoms with Gasteiger partial charge in [0.05, 0.1) is 5.69 Å². The Kier molecular flexibility index (Phi) is 4.75. The van der Waals surface area contributed by atoms with E-state index in [1.54, 1.807) is 23.0 Å². The number of carbonyl (C=O) groups excluding carboxylic acids is 1. The first-order chi connectivity index (χ1) is 10.0. The van der Waals surface area contributed by atoms with E-state index in [0.29, 0.717) is 18.5 Å². The Labute approximate surface area is 124 Å². The van der Waals surface area contributed by atoms with E-state index in [0.717, 1.165) is 5.69 Å². The van der Waals surface area contributed by atoms with Gasteiger partial charge in [0.1, 0.15) is 0 Å². The quantitative estimate of drug-likeness (QED) is 0.854. The highest BCUT2D eigenvalue weighted by atomic mass is 16.3. The third kappa shape index (κ3) is 4.16. The summed E-state index contributed by atoms with van der Waals surface area (Å²) in [5.41, 5.74) is 1.33. The first kappa shape index (κ1) is 15.3. The van der Waals surface area contributed by atoms with Gasteiger partial charge in [0, 0.05) is 31.1 Å². The Balaban J connectivity index is 2.05. The molecular weight excluding hydrogens is 266 g/mol. The minimum atomic E-state index is -0.121. The lowest BCUT2D eigenvalue weighted by Crippen LogP contribution is -2.34. The minimum Gasteiger partial charge on any atom is -0.396 e. The summed E-state index contributed by atoms with van der Waals surface area (Å²) in [6, 6.07) is 9.16. The van der Waals surface area contributed by atoms with Crippen molar-refractivity contribution in [2.75, 3.05) is 13.2 Å². The SMILES string of the molecule is CC(C)(CCO)CNC(=O)c1cccc(-n2cccn2)c1. The number of aromatic nitrogens is 2. The van der Waals surface area contributed by atoms with Crippen molar-refractivity contribution in [2.24, 2.45) is 5.41 Å². The number of benzene rings is 1. The molecule has 5 nitrogen and oxygen atoms in total. The summed E-state index contributed by atoms with van der Waals surface area (Å²) >= 11 is 0. The first-order valence-electron chi connectivity index (χ1n) is 7.01. The van der Waals surface area contributed by atoms with Crippen molar-refractivity contribution in [3.05, 3.63) is 48.3 Å². The third-order valence-electron chi connectivity index (χ3n) is 3.39. The maximum Gasteiger partial charge on any atom is 0.251 e. The van der Waals surface area contributed by atoms with Gasteiger partial charge in [0.2, 0.25) is 0 Å². The number of nitrogens with one attached hydrogen (secondary N) is 1. The van der Waals surface area contributed by atoms with Gasteiger partial charge in [-0.1, -0.05) is 19.9 Å². The van der Waals surface area contributed by atoms with E-state index in [4.69, 9.17) is 5.11 Å². The lowest BCUT2D eigenvalue weighted by molar-refractivity contribution is 0.0928. The van der Waals surface area contributed by atoms with Crippen LogP contribution in [0.2, 0.25) is 0 Å². The lowest BCUT2D eigenvalue weighted by atomic mass is 9.89. The standard InChI is InChI=1S/C16H21N3O2/c1-16(2,7-10-20)12-17-15(21)13-5-3-6-14(11-13)19-9-4-8-18-19/h3-6,8-9,11,20H,7,10,12H2,1-2H3,(H,17,21). The molecular formula is C16H21N3O2. The van der Waals surface area contributed by atoms with Crippen LogP contribution in [0.5, 0.6) is 0 Å². The maximum absolute atomic E-state index is 12.2. The number of hydrogen-bond donors (Lipinski definition) is 2. The fourth-order valence-corrected chi connectivity index (χ4v) is 2.02. The molecule has 2 rings (SSSR count). The Morgan fingerprint density at radius 3 is 2.86 bits per heavy atom. The molecule has 0 saturated carbocycles. The Hall–Kier alpha value is -2.14. The molecule has 2 N–H and O–H groups in total. The summed E-state index contributed by atoms with van der Waals surface area (Å²) in [5, 5.41) is 16.1. The second-order valence-corrected chi connectivity index (χ2v) is 5.82. The molecule has 0 bridgehead atoms. The van der Waals surface area contributed by atoms with E-state index in [2.05, 4.69) is 10.4 Å².